The van der Waals surface area contributed by atoms with Crippen LogP contribution >= 0.6 is 0 Å². The van der Waals surface area contributed by atoms with E-state index in [2.05, 4.69) is 5.16 Å². The lowest BCUT2D eigenvalue weighted by molar-refractivity contribution is -0.131. The molecule has 6 nitrogen and oxygen atoms in total. The van der Waals surface area contributed by atoms with Gasteiger partial charge in [-0.3, -0.25) is 4.79 Å². The van der Waals surface area contributed by atoms with Gasteiger partial charge in [-0.1, -0.05) is 35.5 Å². The summed E-state index contributed by atoms with van der Waals surface area (Å²) in [6.07, 6.45) is 0.939. The summed E-state index contributed by atoms with van der Waals surface area (Å²) < 4.78 is 29.2. The number of benzene rings is 1. The molecule has 116 valence electrons. The van der Waals surface area contributed by atoms with E-state index in [1.807, 2.05) is 30.3 Å². The summed E-state index contributed by atoms with van der Waals surface area (Å²) in [6.45, 7) is 1.30. The second-order valence-electron chi connectivity index (χ2n) is 5.31. The van der Waals surface area contributed by atoms with Crippen LogP contribution in [0.4, 0.5) is 0 Å². The number of nitrogens with zero attached hydrogens (tertiary/aromatic N) is 2. The summed E-state index contributed by atoms with van der Waals surface area (Å²) in [5.74, 6) is -0.884. The first-order valence-electron chi connectivity index (χ1n) is 7.03. The quantitative estimate of drug-likeness (QED) is 0.834. The number of rotatable bonds is 5. The zero-order chi connectivity index (χ0) is 15.6. The number of carbonyl (C=O) groups is 1. The van der Waals surface area contributed by atoms with Gasteiger partial charge in [0, 0.05) is 24.7 Å². The predicted molar refractivity (Wildman–Crippen MR) is 80.6 cm³/mol. The van der Waals surface area contributed by atoms with Crippen molar-refractivity contribution in [3.8, 4) is 11.3 Å². The molecule has 1 aliphatic rings. The summed E-state index contributed by atoms with van der Waals surface area (Å²) in [6, 6.07) is 10.9. The highest BCUT2D eigenvalue weighted by Gasteiger charge is 2.26. The number of hydrogen-bond acceptors (Lipinski definition) is 5. The van der Waals surface area contributed by atoms with Gasteiger partial charge in [-0.2, -0.15) is 0 Å². The van der Waals surface area contributed by atoms with Crippen LogP contribution < -0.4 is 0 Å². The molecule has 1 fully saturated rings. The van der Waals surface area contributed by atoms with Crippen molar-refractivity contribution >= 4 is 15.7 Å². The maximum Gasteiger partial charge on any atom is 0.237 e. The first-order chi connectivity index (χ1) is 10.5. The van der Waals surface area contributed by atoms with E-state index in [1.54, 1.807) is 11.0 Å². The van der Waals surface area contributed by atoms with E-state index in [0.717, 1.165) is 12.0 Å². The number of sulfone groups is 1. The molecule has 3 rings (SSSR count). The minimum Gasteiger partial charge on any atom is -0.360 e. The van der Waals surface area contributed by atoms with Crippen molar-refractivity contribution in [2.24, 2.45) is 0 Å². The SMILES string of the molecule is O=C(CS(=O)(=O)Cc1cc(-c2ccccc2)no1)N1CCC1. The molecular weight excluding hydrogens is 304 g/mol. The minimum atomic E-state index is -3.55. The monoisotopic (exact) mass is 320 g/mol. The van der Waals surface area contributed by atoms with E-state index < -0.39 is 15.6 Å². The van der Waals surface area contributed by atoms with Crippen molar-refractivity contribution in [1.29, 1.82) is 0 Å². The van der Waals surface area contributed by atoms with Crippen molar-refractivity contribution in [1.82, 2.24) is 10.1 Å². The topological polar surface area (TPSA) is 80.5 Å². The Morgan fingerprint density at radius 1 is 1.23 bits per heavy atom. The van der Waals surface area contributed by atoms with Gasteiger partial charge in [-0.05, 0) is 6.42 Å². The van der Waals surface area contributed by atoms with Crippen molar-refractivity contribution < 1.29 is 17.7 Å². The molecule has 1 aromatic heterocycles. The lowest BCUT2D eigenvalue weighted by atomic mass is 10.1. The third kappa shape index (κ3) is 3.36. The highest BCUT2D eigenvalue weighted by molar-refractivity contribution is 7.91. The van der Waals surface area contributed by atoms with Gasteiger partial charge < -0.3 is 9.42 Å². The summed E-state index contributed by atoms with van der Waals surface area (Å²) in [7, 11) is -3.55. The molecule has 2 heterocycles. The Morgan fingerprint density at radius 3 is 2.59 bits per heavy atom. The Kier molecular flexibility index (Phi) is 3.98. The second-order valence-corrected chi connectivity index (χ2v) is 7.38. The average Bonchev–Trinajstić information content (AvgIpc) is 2.84. The Morgan fingerprint density at radius 2 is 1.95 bits per heavy atom. The standard InChI is InChI=1S/C15H16N2O4S/c18-15(17-7-4-8-17)11-22(19,20)10-13-9-14(16-21-13)12-5-2-1-3-6-12/h1-3,5-6,9H,4,7-8,10-11H2. The minimum absolute atomic E-state index is 0.246. The molecular formula is C15H16N2O4S. The summed E-state index contributed by atoms with van der Waals surface area (Å²) in [5.41, 5.74) is 1.44. The molecule has 1 aliphatic heterocycles. The number of likely N-dealkylation sites (tertiary alicyclic amines) is 1. The van der Waals surface area contributed by atoms with Gasteiger partial charge in [-0.15, -0.1) is 0 Å². The zero-order valence-corrected chi connectivity index (χ0v) is 12.8. The number of carbonyl (C=O) groups excluding carboxylic acids is 1. The molecule has 0 saturated carbocycles. The number of hydrogen-bond donors (Lipinski definition) is 0. The molecule has 0 aliphatic carbocycles. The Labute approximate surface area is 128 Å². The molecule has 0 bridgehead atoms. The van der Waals surface area contributed by atoms with E-state index in [1.165, 1.54) is 0 Å². The van der Waals surface area contributed by atoms with E-state index in [4.69, 9.17) is 4.52 Å². The van der Waals surface area contributed by atoms with Crippen LogP contribution in [0.1, 0.15) is 12.2 Å². The van der Waals surface area contributed by atoms with Gasteiger partial charge in [0.2, 0.25) is 5.91 Å². The van der Waals surface area contributed by atoms with Gasteiger partial charge in [0.05, 0.1) is 0 Å². The van der Waals surface area contributed by atoms with Crippen LogP contribution in [-0.4, -0.2) is 43.2 Å². The first kappa shape index (κ1) is 14.8. The highest BCUT2D eigenvalue weighted by atomic mass is 32.2. The number of amides is 1. The van der Waals surface area contributed by atoms with E-state index in [0.29, 0.717) is 18.8 Å². The fraction of sp³-hybridized carbons (Fsp3) is 0.333. The Hall–Kier alpha value is -2.15. The molecule has 0 spiro atoms. The van der Waals surface area contributed by atoms with Gasteiger partial charge in [0.25, 0.3) is 0 Å². The van der Waals surface area contributed by atoms with Crippen molar-refractivity contribution in [2.75, 3.05) is 18.8 Å². The van der Waals surface area contributed by atoms with E-state index in [9.17, 15) is 13.2 Å². The molecule has 1 aromatic carbocycles. The van der Waals surface area contributed by atoms with Crippen LogP contribution in [0.2, 0.25) is 0 Å². The molecule has 7 heteroatoms. The summed E-state index contributed by atoms with van der Waals surface area (Å²) in [5, 5.41) is 3.88. The maximum absolute atomic E-state index is 12.1. The van der Waals surface area contributed by atoms with Gasteiger partial charge in [-0.25, -0.2) is 8.42 Å². The van der Waals surface area contributed by atoms with E-state index >= 15 is 0 Å². The largest absolute Gasteiger partial charge is 0.360 e. The molecule has 1 amide bonds. The molecule has 0 atom stereocenters. The van der Waals surface area contributed by atoms with Gasteiger partial charge >= 0.3 is 0 Å². The first-order valence-corrected chi connectivity index (χ1v) is 8.85. The van der Waals surface area contributed by atoms with Crippen LogP contribution in [0.5, 0.6) is 0 Å². The van der Waals surface area contributed by atoms with E-state index in [-0.39, 0.29) is 17.4 Å². The molecule has 2 aromatic rings. The smallest absolute Gasteiger partial charge is 0.237 e. The Bertz CT molecular complexity index is 764. The van der Waals surface area contributed by atoms with Crippen LogP contribution in [0.3, 0.4) is 0 Å². The summed E-state index contributed by atoms with van der Waals surface area (Å²) >= 11 is 0. The normalized spacial score (nSPS) is 14.6. The third-order valence-corrected chi connectivity index (χ3v) is 4.95. The molecule has 1 saturated heterocycles. The maximum atomic E-state index is 12.1. The predicted octanol–water partition coefficient (Wildman–Crippen LogP) is 1.49. The molecule has 0 radical (unpaired) electrons. The highest BCUT2D eigenvalue weighted by Crippen LogP contribution is 2.20. The van der Waals surface area contributed by atoms with Crippen LogP contribution in [0, 0.1) is 0 Å². The van der Waals surface area contributed by atoms with Crippen molar-refractivity contribution in [2.45, 2.75) is 12.2 Å². The number of aromatic nitrogens is 1. The van der Waals surface area contributed by atoms with Gasteiger partial charge in [0.1, 0.15) is 17.2 Å². The van der Waals surface area contributed by atoms with Gasteiger partial charge in [0.15, 0.2) is 15.6 Å². The molecule has 0 N–H and O–H groups in total. The third-order valence-electron chi connectivity index (χ3n) is 3.54. The second kappa shape index (κ2) is 5.92. The Balaban J connectivity index is 1.67. The van der Waals surface area contributed by atoms with Crippen molar-refractivity contribution in [3.63, 3.8) is 0 Å². The lowest BCUT2D eigenvalue weighted by Crippen LogP contribution is -2.44. The average molecular weight is 320 g/mol. The molecule has 22 heavy (non-hydrogen) atoms. The lowest BCUT2D eigenvalue weighted by Gasteiger charge is -2.30. The fourth-order valence-electron chi connectivity index (χ4n) is 2.24. The zero-order valence-electron chi connectivity index (χ0n) is 11.9. The van der Waals surface area contributed by atoms with Crippen LogP contribution in [0.25, 0.3) is 11.3 Å². The fourth-order valence-corrected chi connectivity index (χ4v) is 3.47. The molecule has 0 unspecified atom stereocenters. The van der Waals surface area contributed by atoms with Crippen molar-refractivity contribution in [3.05, 3.63) is 42.2 Å². The summed E-state index contributed by atoms with van der Waals surface area (Å²) in [4.78, 5) is 13.3. The van der Waals surface area contributed by atoms with Crippen LogP contribution in [-0.2, 0) is 20.4 Å². The van der Waals surface area contributed by atoms with Crippen LogP contribution in [0.15, 0.2) is 40.9 Å².